The minimum absolute atomic E-state index is 0.271. The first-order chi connectivity index (χ1) is 12.5. The van der Waals surface area contributed by atoms with Gasteiger partial charge in [-0.15, -0.1) is 0 Å². The summed E-state index contributed by atoms with van der Waals surface area (Å²) in [6, 6.07) is 14.4. The van der Waals surface area contributed by atoms with Crippen LogP contribution in [0.3, 0.4) is 0 Å². The highest BCUT2D eigenvalue weighted by molar-refractivity contribution is 6.35. The van der Waals surface area contributed by atoms with Gasteiger partial charge in [0.1, 0.15) is 5.82 Å². The van der Waals surface area contributed by atoms with Crippen LogP contribution in [0.25, 0.3) is 0 Å². The zero-order valence-corrected chi connectivity index (χ0v) is 15.2. The second-order valence-electron chi connectivity index (χ2n) is 5.76. The number of aromatic nitrogens is 1. The van der Waals surface area contributed by atoms with Crippen LogP contribution in [0, 0.1) is 5.82 Å². The van der Waals surface area contributed by atoms with Gasteiger partial charge >= 0.3 is 0 Å². The summed E-state index contributed by atoms with van der Waals surface area (Å²) >= 11 is 12.2. The van der Waals surface area contributed by atoms with E-state index in [2.05, 4.69) is 4.98 Å². The van der Waals surface area contributed by atoms with E-state index >= 15 is 0 Å². The Kier molecular flexibility index (Phi) is 5.86. The molecule has 0 aliphatic heterocycles. The molecular formula is C20H15Cl2FN2O. The normalized spacial score (nSPS) is 10.6. The Morgan fingerprint density at radius 3 is 2.46 bits per heavy atom. The maximum Gasteiger partial charge on any atom is 0.254 e. The zero-order chi connectivity index (χ0) is 18.5. The van der Waals surface area contributed by atoms with Gasteiger partial charge in [0.25, 0.3) is 5.91 Å². The Labute approximate surface area is 161 Å². The van der Waals surface area contributed by atoms with Crippen LogP contribution in [0.1, 0.15) is 21.5 Å². The van der Waals surface area contributed by atoms with Crippen LogP contribution < -0.4 is 0 Å². The second-order valence-corrected chi connectivity index (χ2v) is 6.61. The molecule has 2 aromatic carbocycles. The van der Waals surface area contributed by atoms with E-state index in [0.717, 1.165) is 11.1 Å². The Hall–Kier alpha value is -2.43. The van der Waals surface area contributed by atoms with Crippen LogP contribution in [-0.4, -0.2) is 15.8 Å². The van der Waals surface area contributed by atoms with Crippen molar-refractivity contribution in [3.8, 4) is 0 Å². The fourth-order valence-electron chi connectivity index (χ4n) is 2.57. The number of hydrogen-bond donors (Lipinski definition) is 0. The molecule has 0 unspecified atom stereocenters. The second kappa shape index (κ2) is 8.30. The standard InChI is InChI=1S/C20H15Cl2FN2O/c21-17-5-4-16(19(22)11-17)13-25(12-14-6-8-24-9-7-14)20(26)15-2-1-3-18(23)10-15/h1-11H,12-13H2. The number of nitrogens with zero attached hydrogens (tertiary/aromatic N) is 2. The molecule has 1 aromatic heterocycles. The molecule has 3 nitrogen and oxygen atoms in total. The Balaban J connectivity index is 1.91. The van der Waals surface area contributed by atoms with Gasteiger partial charge in [0.2, 0.25) is 0 Å². The third-order valence-electron chi connectivity index (χ3n) is 3.86. The van der Waals surface area contributed by atoms with Crippen molar-refractivity contribution in [3.63, 3.8) is 0 Å². The van der Waals surface area contributed by atoms with E-state index in [0.29, 0.717) is 16.6 Å². The van der Waals surface area contributed by atoms with E-state index in [1.165, 1.54) is 18.2 Å². The summed E-state index contributed by atoms with van der Waals surface area (Å²) in [5.74, 6) is -0.739. The number of carbonyl (C=O) groups is 1. The molecular weight excluding hydrogens is 374 g/mol. The molecule has 0 saturated carbocycles. The predicted molar refractivity (Wildman–Crippen MR) is 101 cm³/mol. The van der Waals surface area contributed by atoms with Crippen LogP contribution in [0.4, 0.5) is 4.39 Å². The number of rotatable bonds is 5. The van der Waals surface area contributed by atoms with E-state index < -0.39 is 5.82 Å². The number of halogens is 3. The number of pyridine rings is 1. The Morgan fingerprint density at radius 2 is 1.77 bits per heavy atom. The van der Waals surface area contributed by atoms with E-state index in [1.807, 2.05) is 12.1 Å². The third-order valence-corrected chi connectivity index (χ3v) is 4.44. The highest BCUT2D eigenvalue weighted by atomic mass is 35.5. The van der Waals surface area contributed by atoms with Gasteiger partial charge in [-0.2, -0.15) is 0 Å². The van der Waals surface area contributed by atoms with Crippen molar-refractivity contribution in [1.29, 1.82) is 0 Å². The van der Waals surface area contributed by atoms with Gasteiger partial charge in [0.15, 0.2) is 0 Å². The van der Waals surface area contributed by atoms with Crippen molar-refractivity contribution >= 4 is 29.1 Å². The molecule has 0 atom stereocenters. The molecule has 3 rings (SSSR count). The fraction of sp³-hybridized carbons (Fsp3) is 0.100. The van der Waals surface area contributed by atoms with Crippen LogP contribution >= 0.6 is 23.2 Å². The summed E-state index contributed by atoms with van der Waals surface area (Å²) in [5.41, 5.74) is 1.95. The molecule has 1 heterocycles. The first kappa shape index (κ1) is 18.4. The average Bonchev–Trinajstić information content (AvgIpc) is 2.63. The van der Waals surface area contributed by atoms with Crippen LogP contribution in [0.15, 0.2) is 67.0 Å². The molecule has 1 amide bonds. The largest absolute Gasteiger partial charge is 0.330 e. The van der Waals surface area contributed by atoms with Crippen molar-refractivity contribution in [3.05, 3.63) is 99.5 Å². The molecule has 0 saturated heterocycles. The number of hydrogen-bond acceptors (Lipinski definition) is 2. The van der Waals surface area contributed by atoms with Gasteiger partial charge in [-0.1, -0.05) is 35.3 Å². The topological polar surface area (TPSA) is 33.2 Å². The molecule has 6 heteroatoms. The summed E-state index contributed by atoms with van der Waals surface area (Å²) in [5, 5.41) is 1.00. The predicted octanol–water partition coefficient (Wildman–Crippen LogP) is 5.37. The SMILES string of the molecule is O=C(c1cccc(F)c1)N(Cc1ccncc1)Cc1ccc(Cl)cc1Cl. The monoisotopic (exact) mass is 388 g/mol. The van der Waals surface area contributed by atoms with Gasteiger partial charge < -0.3 is 4.90 Å². The summed E-state index contributed by atoms with van der Waals surface area (Å²) in [6.45, 7) is 0.616. The van der Waals surface area contributed by atoms with Crippen LogP contribution in [0.2, 0.25) is 10.0 Å². The maximum atomic E-state index is 13.5. The highest BCUT2D eigenvalue weighted by Gasteiger charge is 2.18. The molecule has 3 aromatic rings. The lowest BCUT2D eigenvalue weighted by molar-refractivity contribution is 0.0729. The molecule has 0 radical (unpaired) electrons. The Bertz CT molecular complexity index is 919. The fourth-order valence-corrected chi connectivity index (χ4v) is 3.04. The number of amides is 1. The van der Waals surface area contributed by atoms with Crippen molar-refractivity contribution in [2.24, 2.45) is 0 Å². The quantitative estimate of drug-likeness (QED) is 0.588. The smallest absolute Gasteiger partial charge is 0.254 e. The van der Waals surface area contributed by atoms with E-state index in [9.17, 15) is 9.18 Å². The van der Waals surface area contributed by atoms with Crippen molar-refractivity contribution in [1.82, 2.24) is 9.88 Å². The van der Waals surface area contributed by atoms with Crippen molar-refractivity contribution in [2.75, 3.05) is 0 Å². The Morgan fingerprint density at radius 1 is 1.00 bits per heavy atom. The average molecular weight is 389 g/mol. The molecule has 0 bridgehead atoms. The number of carbonyl (C=O) groups excluding carboxylic acids is 1. The molecule has 0 fully saturated rings. The van der Waals surface area contributed by atoms with Gasteiger partial charge in [0, 0.05) is 41.1 Å². The summed E-state index contributed by atoms with van der Waals surface area (Å²) in [6.07, 6.45) is 3.32. The molecule has 0 N–H and O–H groups in total. The van der Waals surface area contributed by atoms with Crippen LogP contribution in [0.5, 0.6) is 0 Å². The minimum atomic E-state index is -0.454. The molecule has 0 aliphatic rings. The lowest BCUT2D eigenvalue weighted by Crippen LogP contribution is -2.30. The van der Waals surface area contributed by atoms with E-state index in [-0.39, 0.29) is 18.0 Å². The van der Waals surface area contributed by atoms with E-state index in [1.54, 1.807) is 41.6 Å². The molecule has 26 heavy (non-hydrogen) atoms. The highest BCUT2D eigenvalue weighted by Crippen LogP contribution is 2.24. The van der Waals surface area contributed by atoms with Crippen molar-refractivity contribution in [2.45, 2.75) is 13.1 Å². The van der Waals surface area contributed by atoms with E-state index in [4.69, 9.17) is 23.2 Å². The minimum Gasteiger partial charge on any atom is -0.330 e. The molecule has 0 spiro atoms. The van der Waals surface area contributed by atoms with Crippen LogP contribution in [-0.2, 0) is 13.1 Å². The summed E-state index contributed by atoms with van der Waals surface area (Å²) in [4.78, 5) is 18.6. The van der Waals surface area contributed by atoms with Gasteiger partial charge in [0.05, 0.1) is 0 Å². The number of benzene rings is 2. The first-order valence-electron chi connectivity index (χ1n) is 7.90. The zero-order valence-electron chi connectivity index (χ0n) is 13.7. The third kappa shape index (κ3) is 4.59. The lowest BCUT2D eigenvalue weighted by Gasteiger charge is -2.24. The van der Waals surface area contributed by atoms with Gasteiger partial charge in [-0.25, -0.2) is 4.39 Å². The maximum absolute atomic E-state index is 13.5. The first-order valence-corrected chi connectivity index (χ1v) is 8.66. The lowest BCUT2D eigenvalue weighted by atomic mass is 10.1. The van der Waals surface area contributed by atoms with Gasteiger partial charge in [-0.05, 0) is 53.6 Å². The molecule has 132 valence electrons. The summed E-state index contributed by atoms with van der Waals surface area (Å²) < 4.78 is 13.5. The van der Waals surface area contributed by atoms with Crippen molar-refractivity contribution < 1.29 is 9.18 Å². The molecule has 0 aliphatic carbocycles. The summed E-state index contributed by atoms with van der Waals surface area (Å²) in [7, 11) is 0. The van der Waals surface area contributed by atoms with Gasteiger partial charge in [-0.3, -0.25) is 9.78 Å².